The Morgan fingerprint density at radius 3 is 2.79 bits per heavy atom. The summed E-state index contributed by atoms with van der Waals surface area (Å²) in [4.78, 5) is 4.22. The van der Waals surface area contributed by atoms with Gasteiger partial charge >= 0.3 is 0 Å². The molecule has 0 aliphatic rings. The Balaban J connectivity index is 1.91. The molecular formula is C18H19N3O3. The van der Waals surface area contributed by atoms with Crippen molar-refractivity contribution in [2.45, 2.75) is 6.54 Å². The molecule has 2 heterocycles. The average Bonchev–Trinajstić information content (AvgIpc) is 3.07. The van der Waals surface area contributed by atoms with Crippen LogP contribution in [0.15, 0.2) is 49.3 Å². The van der Waals surface area contributed by atoms with Crippen LogP contribution in [0, 0.1) is 0 Å². The van der Waals surface area contributed by atoms with Crippen LogP contribution >= 0.6 is 0 Å². The van der Waals surface area contributed by atoms with Gasteiger partial charge in [0.05, 0.1) is 19.9 Å². The number of hydrogen-bond donors (Lipinski definition) is 2. The summed E-state index contributed by atoms with van der Waals surface area (Å²) in [5.41, 5.74) is 3.05. The summed E-state index contributed by atoms with van der Waals surface area (Å²) in [6.45, 7) is 4.17. The minimum absolute atomic E-state index is 0.0252. The van der Waals surface area contributed by atoms with E-state index in [1.807, 2.05) is 30.3 Å². The van der Waals surface area contributed by atoms with Crippen LogP contribution in [0.5, 0.6) is 11.5 Å². The fourth-order valence-electron chi connectivity index (χ4n) is 2.62. The van der Waals surface area contributed by atoms with Crippen LogP contribution in [0.25, 0.3) is 11.4 Å². The molecule has 0 saturated carbocycles. The highest BCUT2D eigenvalue weighted by Gasteiger charge is 2.12. The third kappa shape index (κ3) is 2.86. The number of methoxy groups -OCH3 is 2. The second-order valence-electron chi connectivity index (χ2n) is 5.23. The maximum Gasteiger partial charge on any atom is 0.137 e. The first-order valence-electron chi connectivity index (χ1n) is 7.43. The van der Waals surface area contributed by atoms with Gasteiger partial charge in [-0.25, -0.2) is 4.98 Å². The summed E-state index contributed by atoms with van der Waals surface area (Å²) in [5, 5.41) is 13.3. The van der Waals surface area contributed by atoms with Crippen LogP contribution in [0.3, 0.4) is 0 Å². The molecule has 124 valence electrons. The lowest BCUT2D eigenvalue weighted by molar-refractivity contribution is 0.391. The standard InChI is InChI=1S/C18H19N3O3/c1-12(22)18-15(6-7-17-19-8-9-21(17)18)20-11-13-4-5-14(23-2)10-16(13)24-3/h4-10,20,22H,1,11H2,2-3H3. The third-order valence-electron chi connectivity index (χ3n) is 3.80. The monoisotopic (exact) mass is 325 g/mol. The Morgan fingerprint density at radius 1 is 1.25 bits per heavy atom. The van der Waals surface area contributed by atoms with Gasteiger partial charge in [-0.05, 0) is 24.3 Å². The Morgan fingerprint density at radius 2 is 2.08 bits per heavy atom. The molecule has 1 aromatic carbocycles. The van der Waals surface area contributed by atoms with E-state index in [1.165, 1.54) is 0 Å². The minimum Gasteiger partial charge on any atom is -0.506 e. The van der Waals surface area contributed by atoms with E-state index in [0.717, 1.165) is 28.4 Å². The smallest absolute Gasteiger partial charge is 0.137 e. The van der Waals surface area contributed by atoms with Gasteiger partial charge in [-0.2, -0.15) is 0 Å². The van der Waals surface area contributed by atoms with Crippen molar-refractivity contribution in [1.82, 2.24) is 9.38 Å². The quantitative estimate of drug-likeness (QED) is 0.679. The fourth-order valence-corrected chi connectivity index (χ4v) is 2.62. The minimum atomic E-state index is -0.0252. The van der Waals surface area contributed by atoms with Gasteiger partial charge in [0.2, 0.25) is 0 Å². The maximum absolute atomic E-state index is 9.96. The van der Waals surface area contributed by atoms with Crippen molar-refractivity contribution in [3.05, 3.63) is 60.6 Å². The Bertz CT molecular complexity index is 886. The average molecular weight is 325 g/mol. The number of aromatic nitrogens is 2. The van der Waals surface area contributed by atoms with Gasteiger partial charge in [0.15, 0.2) is 0 Å². The normalized spacial score (nSPS) is 10.6. The van der Waals surface area contributed by atoms with Crippen molar-refractivity contribution in [2.24, 2.45) is 0 Å². The van der Waals surface area contributed by atoms with E-state index >= 15 is 0 Å². The SMILES string of the molecule is C=C(O)c1c(NCc2ccc(OC)cc2OC)ccc2nccn12. The van der Waals surface area contributed by atoms with Crippen molar-refractivity contribution >= 4 is 17.1 Å². The summed E-state index contributed by atoms with van der Waals surface area (Å²) >= 11 is 0. The Hall–Kier alpha value is -3.15. The lowest BCUT2D eigenvalue weighted by Crippen LogP contribution is -2.07. The van der Waals surface area contributed by atoms with Crippen LogP contribution in [0.4, 0.5) is 5.69 Å². The summed E-state index contributed by atoms with van der Waals surface area (Å²) in [7, 11) is 3.24. The molecule has 0 radical (unpaired) electrons. The molecule has 6 nitrogen and oxygen atoms in total. The molecule has 0 bridgehead atoms. The first-order chi connectivity index (χ1) is 11.6. The van der Waals surface area contributed by atoms with Gasteiger partial charge in [-0.15, -0.1) is 0 Å². The molecule has 2 aromatic heterocycles. The van der Waals surface area contributed by atoms with Crippen LogP contribution in [0.1, 0.15) is 11.3 Å². The van der Waals surface area contributed by atoms with Gasteiger partial charge in [-0.3, -0.25) is 4.40 Å². The van der Waals surface area contributed by atoms with Crippen LogP contribution < -0.4 is 14.8 Å². The van der Waals surface area contributed by atoms with E-state index in [2.05, 4.69) is 16.9 Å². The van der Waals surface area contributed by atoms with Gasteiger partial charge in [0.25, 0.3) is 0 Å². The number of imidazole rings is 1. The highest BCUT2D eigenvalue weighted by atomic mass is 16.5. The van der Waals surface area contributed by atoms with E-state index in [1.54, 1.807) is 31.0 Å². The van der Waals surface area contributed by atoms with Crippen molar-refractivity contribution in [3.63, 3.8) is 0 Å². The number of rotatable bonds is 6. The van der Waals surface area contributed by atoms with Crippen molar-refractivity contribution < 1.29 is 14.6 Å². The van der Waals surface area contributed by atoms with Crippen molar-refractivity contribution in [1.29, 1.82) is 0 Å². The second kappa shape index (κ2) is 6.54. The number of nitrogens with one attached hydrogen (secondary N) is 1. The first kappa shape index (κ1) is 15.7. The number of fused-ring (bicyclic) bond motifs is 1. The maximum atomic E-state index is 9.96. The zero-order chi connectivity index (χ0) is 17.1. The number of nitrogens with zero attached hydrogens (tertiary/aromatic N) is 2. The molecule has 3 aromatic rings. The van der Waals surface area contributed by atoms with Gasteiger partial charge in [0, 0.05) is 30.6 Å². The third-order valence-corrected chi connectivity index (χ3v) is 3.80. The first-order valence-corrected chi connectivity index (χ1v) is 7.43. The van der Waals surface area contributed by atoms with Crippen molar-refractivity contribution in [3.8, 4) is 11.5 Å². The molecule has 24 heavy (non-hydrogen) atoms. The Kier molecular flexibility index (Phi) is 4.29. The van der Waals surface area contributed by atoms with Crippen molar-refractivity contribution in [2.75, 3.05) is 19.5 Å². The van der Waals surface area contributed by atoms with E-state index < -0.39 is 0 Å². The van der Waals surface area contributed by atoms with Crippen LogP contribution in [-0.2, 0) is 6.54 Å². The molecule has 0 atom stereocenters. The highest BCUT2D eigenvalue weighted by Crippen LogP contribution is 2.27. The number of ether oxygens (including phenoxy) is 2. The van der Waals surface area contributed by atoms with E-state index in [9.17, 15) is 5.11 Å². The molecular weight excluding hydrogens is 306 g/mol. The Labute approximate surface area is 140 Å². The zero-order valence-corrected chi connectivity index (χ0v) is 13.6. The summed E-state index contributed by atoms with van der Waals surface area (Å²) in [5.74, 6) is 1.44. The van der Waals surface area contributed by atoms with Gasteiger partial charge < -0.3 is 19.9 Å². The largest absolute Gasteiger partial charge is 0.506 e. The number of anilines is 1. The lowest BCUT2D eigenvalue weighted by atomic mass is 10.1. The number of benzene rings is 1. The fraction of sp³-hybridized carbons (Fsp3) is 0.167. The molecule has 0 spiro atoms. The molecule has 0 fully saturated rings. The highest BCUT2D eigenvalue weighted by molar-refractivity contribution is 5.71. The van der Waals surface area contributed by atoms with Crippen LogP contribution in [-0.4, -0.2) is 28.7 Å². The van der Waals surface area contributed by atoms with E-state index in [0.29, 0.717) is 12.2 Å². The molecule has 2 N–H and O–H groups in total. The predicted octanol–water partition coefficient (Wildman–Crippen LogP) is 3.49. The summed E-state index contributed by atoms with van der Waals surface area (Å²) < 4.78 is 12.4. The number of aliphatic hydroxyl groups is 1. The number of pyridine rings is 1. The van der Waals surface area contributed by atoms with E-state index in [-0.39, 0.29) is 5.76 Å². The summed E-state index contributed by atoms with van der Waals surface area (Å²) in [6.07, 6.45) is 3.46. The molecule has 0 amide bonds. The second-order valence-corrected chi connectivity index (χ2v) is 5.23. The number of aliphatic hydroxyl groups excluding tert-OH is 1. The topological polar surface area (TPSA) is 68.0 Å². The molecule has 0 saturated heterocycles. The molecule has 6 heteroatoms. The lowest BCUT2D eigenvalue weighted by Gasteiger charge is -2.15. The molecule has 0 unspecified atom stereocenters. The molecule has 0 aliphatic carbocycles. The number of hydrogen-bond acceptors (Lipinski definition) is 5. The van der Waals surface area contributed by atoms with Gasteiger partial charge in [-0.1, -0.05) is 6.58 Å². The predicted molar refractivity (Wildman–Crippen MR) is 93.7 cm³/mol. The molecule has 0 aliphatic heterocycles. The zero-order valence-electron chi connectivity index (χ0n) is 13.6. The van der Waals surface area contributed by atoms with Gasteiger partial charge in [0.1, 0.15) is 28.6 Å². The van der Waals surface area contributed by atoms with Crippen LogP contribution in [0.2, 0.25) is 0 Å². The summed E-state index contributed by atoms with van der Waals surface area (Å²) in [6, 6.07) is 9.40. The van der Waals surface area contributed by atoms with E-state index in [4.69, 9.17) is 9.47 Å². The molecule has 3 rings (SSSR count).